The van der Waals surface area contributed by atoms with E-state index >= 15 is 0 Å². The van der Waals surface area contributed by atoms with Crippen LogP contribution in [0.2, 0.25) is 0 Å². The third-order valence-electron chi connectivity index (χ3n) is 3.41. The fourth-order valence-electron chi connectivity index (χ4n) is 2.38. The normalized spacial score (nSPS) is 11.3. The minimum absolute atomic E-state index is 0. The van der Waals surface area contributed by atoms with Gasteiger partial charge in [0.15, 0.2) is 5.13 Å². The van der Waals surface area contributed by atoms with Crippen molar-refractivity contribution in [1.82, 2.24) is 20.2 Å². The Labute approximate surface area is 153 Å². The van der Waals surface area contributed by atoms with Crippen LogP contribution in [0.15, 0.2) is 17.6 Å². The van der Waals surface area contributed by atoms with Crippen LogP contribution in [0.4, 0.5) is 0 Å². The lowest BCUT2D eigenvalue weighted by Gasteiger charge is -2.13. The molecule has 8 heteroatoms. The Kier molecular flexibility index (Phi) is 9.46. The first-order chi connectivity index (χ1) is 10.0. The molecular formula is C15H24Cl2N4OS. The van der Waals surface area contributed by atoms with E-state index in [2.05, 4.69) is 29.5 Å². The maximum atomic E-state index is 12.3. The molecule has 2 aromatic rings. The number of hydrogen-bond acceptors (Lipinski definition) is 4. The van der Waals surface area contributed by atoms with E-state index in [4.69, 9.17) is 0 Å². The maximum absolute atomic E-state index is 12.3. The van der Waals surface area contributed by atoms with E-state index in [-0.39, 0.29) is 36.8 Å². The molecule has 2 aromatic heterocycles. The lowest BCUT2D eigenvalue weighted by molar-refractivity contribution is 0.0949. The summed E-state index contributed by atoms with van der Waals surface area (Å²) in [4.78, 5) is 16.7. The number of nitrogens with zero attached hydrogens (tertiary/aromatic N) is 2. The van der Waals surface area contributed by atoms with Crippen molar-refractivity contribution >= 4 is 42.1 Å². The molecule has 2 heterocycles. The third-order valence-corrected chi connectivity index (χ3v) is 4.16. The summed E-state index contributed by atoms with van der Waals surface area (Å²) >= 11 is 1.56. The van der Waals surface area contributed by atoms with Crippen molar-refractivity contribution in [1.29, 1.82) is 0 Å². The van der Waals surface area contributed by atoms with Crippen LogP contribution in [-0.2, 0) is 0 Å². The van der Waals surface area contributed by atoms with Gasteiger partial charge in [-0.2, -0.15) is 0 Å². The third kappa shape index (κ3) is 5.21. The van der Waals surface area contributed by atoms with Gasteiger partial charge in [0.25, 0.3) is 5.91 Å². The molecule has 0 radical (unpaired) electrons. The second kappa shape index (κ2) is 9.93. The largest absolute Gasteiger partial charge is 0.350 e. The Balaban J connectivity index is 0.00000242. The van der Waals surface area contributed by atoms with Gasteiger partial charge in [0.2, 0.25) is 0 Å². The molecule has 0 aliphatic heterocycles. The molecule has 5 nitrogen and oxygen atoms in total. The highest BCUT2D eigenvalue weighted by atomic mass is 35.5. The van der Waals surface area contributed by atoms with Crippen molar-refractivity contribution < 1.29 is 4.79 Å². The van der Waals surface area contributed by atoms with Crippen LogP contribution in [0.25, 0.3) is 5.13 Å². The Bertz CT molecular complexity index is 613. The Morgan fingerprint density at radius 2 is 2.09 bits per heavy atom. The van der Waals surface area contributed by atoms with Crippen LogP contribution < -0.4 is 10.6 Å². The molecule has 1 atom stereocenters. The summed E-state index contributed by atoms with van der Waals surface area (Å²) in [5, 5.41) is 9.09. The molecular weight excluding hydrogens is 355 g/mol. The van der Waals surface area contributed by atoms with Crippen molar-refractivity contribution in [3.05, 3.63) is 34.6 Å². The van der Waals surface area contributed by atoms with Crippen LogP contribution in [0, 0.1) is 13.8 Å². The highest BCUT2D eigenvalue weighted by molar-refractivity contribution is 7.12. The standard InChI is InChI=1S/C15H22N4OS.2ClH/c1-5-16-10(2)9-18-14(20)13-8-11(3)19(12(13)4)15-17-6-7-21-15;;/h6-8,10,16H,5,9H2,1-4H3,(H,18,20);2*1H/t10-;;/m1../s1. The molecule has 0 aromatic carbocycles. The zero-order valence-corrected chi connectivity index (χ0v) is 16.2. The van der Waals surface area contributed by atoms with Gasteiger partial charge in [0, 0.05) is 35.6 Å². The molecule has 0 aliphatic carbocycles. The summed E-state index contributed by atoms with van der Waals surface area (Å²) < 4.78 is 2.02. The second-order valence-corrected chi connectivity index (χ2v) is 5.98. The van der Waals surface area contributed by atoms with Crippen LogP contribution in [0.3, 0.4) is 0 Å². The van der Waals surface area contributed by atoms with Crippen molar-refractivity contribution in [3.63, 3.8) is 0 Å². The van der Waals surface area contributed by atoms with Gasteiger partial charge in [0.1, 0.15) is 0 Å². The van der Waals surface area contributed by atoms with Crippen molar-refractivity contribution in [2.75, 3.05) is 13.1 Å². The molecule has 0 fully saturated rings. The van der Waals surface area contributed by atoms with Gasteiger partial charge in [-0.3, -0.25) is 9.36 Å². The smallest absolute Gasteiger partial charge is 0.253 e. The van der Waals surface area contributed by atoms with E-state index in [1.54, 1.807) is 17.5 Å². The molecule has 130 valence electrons. The van der Waals surface area contributed by atoms with Crippen LogP contribution in [-0.4, -0.2) is 34.6 Å². The van der Waals surface area contributed by atoms with Crippen molar-refractivity contribution in [2.24, 2.45) is 0 Å². The number of nitrogens with one attached hydrogen (secondary N) is 2. The SMILES string of the molecule is CCN[C@H](C)CNC(=O)c1cc(C)n(-c2nccs2)c1C.Cl.Cl. The number of halogens is 2. The van der Waals surface area contributed by atoms with Gasteiger partial charge >= 0.3 is 0 Å². The van der Waals surface area contributed by atoms with Gasteiger partial charge in [-0.1, -0.05) is 6.92 Å². The van der Waals surface area contributed by atoms with Gasteiger partial charge in [-0.05, 0) is 33.4 Å². The fraction of sp³-hybridized carbons (Fsp3) is 0.467. The average molecular weight is 379 g/mol. The zero-order chi connectivity index (χ0) is 15.4. The number of hydrogen-bond donors (Lipinski definition) is 2. The van der Waals surface area contributed by atoms with Crippen LogP contribution in [0.5, 0.6) is 0 Å². The van der Waals surface area contributed by atoms with Gasteiger partial charge < -0.3 is 10.6 Å². The van der Waals surface area contributed by atoms with Gasteiger partial charge in [-0.25, -0.2) is 4.98 Å². The molecule has 0 unspecified atom stereocenters. The minimum atomic E-state index is -0.0318. The van der Waals surface area contributed by atoms with E-state index in [0.29, 0.717) is 12.1 Å². The van der Waals surface area contributed by atoms with Gasteiger partial charge in [-0.15, -0.1) is 36.2 Å². The number of amides is 1. The summed E-state index contributed by atoms with van der Waals surface area (Å²) in [5.41, 5.74) is 2.66. The Hall–Kier alpha value is -1.08. The molecule has 0 saturated heterocycles. The van der Waals surface area contributed by atoms with Crippen LogP contribution in [0.1, 0.15) is 35.6 Å². The number of carbonyl (C=O) groups excluding carboxylic acids is 1. The van der Waals surface area contributed by atoms with E-state index in [1.165, 1.54) is 0 Å². The van der Waals surface area contributed by atoms with Crippen molar-refractivity contribution in [2.45, 2.75) is 33.7 Å². The summed E-state index contributed by atoms with van der Waals surface area (Å²) in [6.45, 7) is 9.58. The minimum Gasteiger partial charge on any atom is -0.350 e. The van der Waals surface area contributed by atoms with Gasteiger partial charge in [0.05, 0.1) is 5.56 Å². The first kappa shape index (κ1) is 21.9. The quantitative estimate of drug-likeness (QED) is 0.811. The lowest BCUT2D eigenvalue weighted by Crippen LogP contribution is -2.38. The van der Waals surface area contributed by atoms with E-state index in [0.717, 1.165) is 23.1 Å². The predicted octanol–water partition coefficient (Wildman–Crippen LogP) is 3.12. The number of aromatic nitrogens is 2. The number of carbonyl (C=O) groups is 1. The Morgan fingerprint density at radius 1 is 1.39 bits per heavy atom. The molecule has 1 amide bonds. The van der Waals surface area contributed by atoms with E-state index in [9.17, 15) is 4.79 Å². The monoisotopic (exact) mass is 378 g/mol. The fourth-order valence-corrected chi connectivity index (χ4v) is 3.13. The highest BCUT2D eigenvalue weighted by Gasteiger charge is 2.17. The number of aryl methyl sites for hydroxylation is 1. The first-order valence-electron chi connectivity index (χ1n) is 7.15. The predicted molar refractivity (Wildman–Crippen MR) is 101 cm³/mol. The topological polar surface area (TPSA) is 58.9 Å². The maximum Gasteiger partial charge on any atom is 0.253 e. The average Bonchev–Trinajstić information content (AvgIpc) is 3.04. The number of likely N-dealkylation sites (N-methyl/N-ethyl adjacent to an activating group) is 1. The number of thiazole rings is 1. The van der Waals surface area contributed by atoms with E-state index in [1.807, 2.05) is 29.9 Å². The summed E-state index contributed by atoms with van der Waals surface area (Å²) in [7, 11) is 0. The zero-order valence-electron chi connectivity index (χ0n) is 13.8. The molecule has 23 heavy (non-hydrogen) atoms. The summed E-state index contributed by atoms with van der Waals surface area (Å²) in [6.07, 6.45) is 1.77. The molecule has 2 N–H and O–H groups in total. The Morgan fingerprint density at radius 3 is 2.65 bits per heavy atom. The lowest BCUT2D eigenvalue weighted by atomic mass is 10.2. The molecule has 0 spiro atoms. The summed E-state index contributed by atoms with van der Waals surface area (Å²) in [6, 6.07) is 2.19. The molecule has 0 saturated carbocycles. The second-order valence-electron chi connectivity index (χ2n) is 5.10. The first-order valence-corrected chi connectivity index (χ1v) is 8.03. The highest BCUT2D eigenvalue weighted by Crippen LogP contribution is 2.22. The van der Waals surface area contributed by atoms with Crippen LogP contribution >= 0.6 is 36.2 Å². The molecule has 2 rings (SSSR count). The van der Waals surface area contributed by atoms with Crippen molar-refractivity contribution in [3.8, 4) is 5.13 Å². The van der Waals surface area contributed by atoms with E-state index < -0.39 is 0 Å². The molecule has 0 aliphatic rings. The molecule has 0 bridgehead atoms. The summed E-state index contributed by atoms with van der Waals surface area (Å²) in [5.74, 6) is -0.0318. The number of rotatable bonds is 6.